The van der Waals surface area contributed by atoms with E-state index in [1.54, 1.807) is 11.8 Å². The third-order valence-electron chi connectivity index (χ3n) is 8.59. The van der Waals surface area contributed by atoms with Gasteiger partial charge in [-0.05, 0) is 99.1 Å². The van der Waals surface area contributed by atoms with Crippen LogP contribution in [0.25, 0.3) is 11.2 Å². The predicted octanol–water partition coefficient (Wildman–Crippen LogP) is 4.28. The van der Waals surface area contributed by atoms with Crippen LogP contribution in [0.15, 0.2) is 33.0 Å². The van der Waals surface area contributed by atoms with E-state index < -0.39 is 12.2 Å². The number of aryl methyl sites for hydroxylation is 1. The molecule has 45 heavy (non-hydrogen) atoms. The second kappa shape index (κ2) is 14.4. The lowest BCUT2D eigenvalue weighted by Crippen LogP contribution is -2.45. The number of carbonyl (C=O) groups excluding carboxylic acids is 2. The summed E-state index contributed by atoms with van der Waals surface area (Å²) in [6.45, 7) is 7.57. The highest BCUT2D eigenvalue weighted by Crippen LogP contribution is 2.43. The van der Waals surface area contributed by atoms with Crippen molar-refractivity contribution >= 4 is 56.7 Å². The number of hydrogen-bond donors (Lipinski definition) is 2. The van der Waals surface area contributed by atoms with E-state index in [-0.39, 0.29) is 12.7 Å². The van der Waals surface area contributed by atoms with E-state index in [0.717, 1.165) is 59.8 Å². The van der Waals surface area contributed by atoms with Crippen molar-refractivity contribution in [2.45, 2.75) is 68.1 Å². The number of carbonyl (C=O) groups is 2. The topological polar surface area (TPSA) is 150 Å². The number of anilines is 1. The molecule has 3 aromatic rings. The molecule has 15 heteroatoms. The van der Waals surface area contributed by atoms with Crippen molar-refractivity contribution in [2.75, 3.05) is 51.8 Å². The minimum Gasteiger partial charge on any atom is -0.454 e. The molecule has 1 aromatic carbocycles. The molecule has 3 N–H and O–H groups in total. The molecule has 5 heterocycles. The minimum absolute atomic E-state index is 0.151. The van der Waals surface area contributed by atoms with E-state index in [2.05, 4.69) is 40.7 Å². The maximum Gasteiger partial charge on any atom is 0.407 e. The Bertz CT molecular complexity index is 1530. The molecular weight excluding hydrogens is 664 g/mol. The number of fused-ring (bicyclic) bond motifs is 2. The average molecular weight is 704 g/mol. The molecule has 242 valence electrons. The third-order valence-corrected chi connectivity index (χ3v) is 10.6. The SMILES string of the molecule is C[C@H](OC(=O)NCCCN1CCCC1)C(=O)N1CCC(CCn2c(Sc3cc4c(cc3Br)OCO4)nc3c(N)ncnc32)CC1. The van der Waals surface area contributed by atoms with Gasteiger partial charge in [0, 0.05) is 35.5 Å². The summed E-state index contributed by atoms with van der Waals surface area (Å²) in [6, 6.07) is 3.84. The number of nitrogen functional groups attached to an aromatic ring is 1. The van der Waals surface area contributed by atoms with Gasteiger partial charge in [0.25, 0.3) is 5.91 Å². The van der Waals surface area contributed by atoms with Crippen molar-refractivity contribution in [1.82, 2.24) is 34.6 Å². The first-order valence-corrected chi connectivity index (χ1v) is 17.2. The Morgan fingerprint density at radius 1 is 1.13 bits per heavy atom. The van der Waals surface area contributed by atoms with Crippen LogP contribution in [0.1, 0.15) is 45.4 Å². The van der Waals surface area contributed by atoms with Gasteiger partial charge in [-0.15, -0.1) is 0 Å². The molecule has 2 amide bonds. The van der Waals surface area contributed by atoms with Crippen molar-refractivity contribution < 1.29 is 23.8 Å². The smallest absolute Gasteiger partial charge is 0.407 e. The summed E-state index contributed by atoms with van der Waals surface area (Å²) < 4.78 is 19.4. The van der Waals surface area contributed by atoms with E-state index in [4.69, 9.17) is 24.9 Å². The third kappa shape index (κ3) is 7.58. The molecule has 0 bridgehead atoms. The van der Waals surface area contributed by atoms with Gasteiger partial charge in [-0.2, -0.15) is 0 Å². The number of aromatic nitrogens is 4. The van der Waals surface area contributed by atoms with Gasteiger partial charge in [0.15, 0.2) is 39.7 Å². The van der Waals surface area contributed by atoms with Gasteiger partial charge >= 0.3 is 6.09 Å². The van der Waals surface area contributed by atoms with Crippen LogP contribution < -0.4 is 20.5 Å². The van der Waals surface area contributed by atoms with E-state index in [9.17, 15) is 9.59 Å². The summed E-state index contributed by atoms with van der Waals surface area (Å²) in [5, 5.41) is 3.54. The average Bonchev–Trinajstić information content (AvgIpc) is 3.79. The highest BCUT2D eigenvalue weighted by molar-refractivity contribution is 9.10. The molecule has 0 aliphatic carbocycles. The number of nitrogens with zero attached hydrogens (tertiary/aromatic N) is 6. The monoisotopic (exact) mass is 702 g/mol. The fourth-order valence-electron chi connectivity index (χ4n) is 6.05. The van der Waals surface area contributed by atoms with Crippen molar-refractivity contribution in [3.8, 4) is 11.5 Å². The zero-order valence-electron chi connectivity index (χ0n) is 25.4. The van der Waals surface area contributed by atoms with Crippen molar-refractivity contribution in [2.24, 2.45) is 5.92 Å². The molecule has 2 fully saturated rings. The summed E-state index contributed by atoms with van der Waals surface area (Å²) in [5.41, 5.74) is 7.43. The van der Waals surface area contributed by atoms with Gasteiger partial charge < -0.3 is 39.6 Å². The van der Waals surface area contributed by atoms with Gasteiger partial charge in [-0.1, -0.05) is 11.8 Å². The first-order valence-electron chi connectivity index (χ1n) is 15.5. The molecule has 13 nitrogen and oxygen atoms in total. The molecule has 0 saturated carbocycles. The van der Waals surface area contributed by atoms with Crippen LogP contribution in [0.5, 0.6) is 11.5 Å². The van der Waals surface area contributed by atoms with E-state index >= 15 is 0 Å². The number of imidazole rings is 1. The molecule has 3 aliphatic rings. The fraction of sp³-hybridized carbons (Fsp3) is 0.567. The second-order valence-electron chi connectivity index (χ2n) is 11.6. The number of hydrogen-bond acceptors (Lipinski definition) is 11. The molecule has 1 atom stereocenters. The number of benzene rings is 1. The van der Waals surface area contributed by atoms with Gasteiger partial charge in [0.1, 0.15) is 6.33 Å². The normalized spacial score (nSPS) is 17.6. The summed E-state index contributed by atoms with van der Waals surface area (Å²) in [6.07, 6.45) is 6.09. The molecule has 2 aromatic heterocycles. The molecule has 2 saturated heterocycles. The summed E-state index contributed by atoms with van der Waals surface area (Å²) in [4.78, 5) is 43.9. The minimum atomic E-state index is -0.822. The molecule has 0 radical (unpaired) electrons. The Kier molecular flexibility index (Phi) is 10.1. The largest absolute Gasteiger partial charge is 0.454 e. The van der Waals surface area contributed by atoms with Crippen LogP contribution in [0, 0.1) is 5.92 Å². The maximum absolute atomic E-state index is 13.0. The summed E-state index contributed by atoms with van der Waals surface area (Å²) in [5.74, 6) is 1.99. The lowest BCUT2D eigenvalue weighted by atomic mass is 9.93. The lowest BCUT2D eigenvalue weighted by molar-refractivity contribution is -0.140. The Balaban J connectivity index is 1.00. The number of rotatable bonds is 11. The number of ether oxygens (including phenoxy) is 3. The van der Waals surface area contributed by atoms with Crippen molar-refractivity contribution in [3.05, 3.63) is 22.9 Å². The van der Waals surface area contributed by atoms with E-state index in [1.807, 2.05) is 12.1 Å². The van der Waals surface area contributed by atoms with Crippen LogP contribution in [0.2, 0.25) is 0 Å². The Hall–Kier alpha value is -3.30. The number of nitrogens with one attached hydrogen (secondary N) is 1. The van der Waals surface area contributed by atoms with Crippen LogP contribution in [-0.2, 0) is 16.1 Å². The molecule has 3 aliphatic heterocycles. The van der Waals surface area contributed by atoms with Gasteiger partial charge in [-0.25, -0.2) is 19.7 Å². The number of piperidine rings is 1. The predicted molar refractivity (Wildman–Crippen MR) is 172 cm³/mol. The highest BCUT2D eigenvalue weighted by Gasteiger charge is 2.29. The molecule has 0 spiro atoms. The number of alkyl carbamates (subject to hydrolysis) is 1. The first kappa shape index (κ1) is 31.7. The maximum atomic E-state index is 13.0. The quantitative estimate of drug-likeness (QED) is 0.276. The Labute approximate surface area is 274 Å². The molecule has 0 unspecified atom stereocenters. The molecular formula is C30H39BrN8O5S. The number of nitrogens with two attached hydrogens (primary N) is 1. The van der Waals surface area contributed by atoms with Crippen LogP contribution in [0.3, 0.4) is 0 Å². The fourth-order valence-corrected chi connectivity index (χ4v) is 7.56. The standard InChI is InChI=1S/C30H39BrN8O5S/c1-19(44-30(41)33-8-4-11-37-9-2-3-10-37)28(40)38-12-5-20(6-13-38)7-14-39-27-25(26(32)34-17-35-27)36-29(39)45-24-16-23-22(15-21(24)31)42-18-43-23/h15-17,19-20H,2-14,18H2,1H3,(H,33,41)(H2,32,34,35)/t19-/m0/s1. The Morgan fingerprint density at radius 2 is 1.89 bits per heavy atom. The van der Waals surface area contributed by atoms with Gasteiger partial charge in [0.2, 0.25) is 6.79 Å². The number of halogens is 1. The van der Waals surface area contributed by atoms with Crippen molar-refractivity contribution in [3.63, 3.8) is 0 Å². The van der Waals surface area contributed by atoms with Gasteiger partial charge in [-0.3, -0.25) is 4.79 Å². The van der Waals surface area contributed by atoms with Gasteiger partial charge in [0.05, 0.1) is 0 Å². The zero-order chi connectivity index (χ0) is 31.3. The Morgan fingerprint density at radius 3 is 2.67 bits per heavy atom. The van der Waals surface area contributed by atoms with E-state index in [1.165, 1.54) is 30.9 Å². The first-order chi connectivity index (χ1) is 21.9. The highest BCUT2D eigenvalue weighted by atomic mass is 79.9. The van der Waals surface area contributed by atoms with Crippen LogP contribution in [0.4, 0.5) is 10.6 Å². The van der Waals surface area contributed by atoms with E-state index in [0.29, 0.717) is 60.6 Å². The summed E-state index contributed by atoms with van der Waals surface area (Å²) >= 11 is 5.14. The number of amides is 2. The lowest BCUT2D eigenvalue weighted by Gasteiger charge is -2.33. The second-order valence-corrected chi connectivity index (χ2v) is 13.5. The zero-order valence-corrected chi connectivity index (χ0v) is 27.8. The van der Waals surface area contributed by atoms with Crippen LogP contribution in [-0.4, -0.2) is 93.5 Å². The number of likely N-dealkylation sites (tertiary alicyclic amines) is 2. The summed E-state index contributed by atoms with van der Waals surface area (Å²) in [7, 11) is 0. The van der Waals surface area contributed by atoms with Crippen molar-refractivity contribution in [1.29, 1.82) is 0 Å². The molecule has 6 rings (SSSR count). The van der Waals surface area contributed by atoms with Crippen LogP contribution >= 0.6 is 27.7 Å².